The van der Waals surface area contributed by atoms with E-state index in [0.29, 0.717) is 21.8 Å². The summed E-state index contributed by atoms with van der Waals surface area (Å²) in [7, 11) is 1.65. The number of anilines is 2. The van der Waals surface area contributed by atoms with Gasteiger partial charge in [0.2, 0.25) is 0 Å². The maximum absolute atomic E-state index is 13.9. The lowest BCUT2D eigenvalue weighted by molar-refractivity contribution is -0.174. The van der Waals surface area contributed by atoms with Gasteiger partial charge in [0, 0.05) is 13.5 Å². The molecule has 0 spiro atoms. The molecule has 2 N–H and O–H groups in total. The second-order valence-electron chi connectivity index (χ2n) is 8.35. The molecule has 0 radical (unpaired) electrons. The third-order valence-electron chi connectivity index (χ3n) is 6.19. The molecule has 2 atom stereocenters. The predicted molar refractivity (Wildman–Crippen MR) is 126 cm³/mol. The van der Waals surface area contributed by atoms with E-state index in [-0.39, 0.29) is 16.5 Å². The van der Waals surface area contributed by atoms with Crippen LogP contribution in [-0.4, -0.2) is 31.2 Å². The zero-order chi connectivity index (χ0) is 25.8. The fourth-order valence-corrected chi connectivity index (χ4v) is 4.56. The number of rotatable bonds is 4. The number of fused-ring (bicyclic) bond motifs is 1. The Bertz CT molecular complexity index is 1490. The maximum Gasteiger partial charge on any atom is 0.410 e. The topological polar surface area (TPSA) is 99.0 Å². The average molecular weight is 521 g/mol. The van der Waals surface area contributed by atoms with Crippen LogP contribution in [0.15, 0.2) is 57.9 Å². The molecule has 0 fully saturated rings. The van der Waals surface area contributed by atoms with Crippen LogP contribution in [0.25, 0.3) is 5.69 Å². The van der Waals surface area contributed by atoms with Crippen LogP contribution >= 0.6 is 11.6 Å². The summed E-state index contributed by atoms with van der Waals surface area (Å²) >= 11 is 6.36. The number of halogens is 4. The molecule has 0 bridgehead atoms. The number of amides is 1. The predicted octanol–water partition coefficient (Wildman–Crippen LogP) is 4.84. The molecule has 3 aromatic heterocycles. The van der Waals surface area contributed by atoms with Crippen LogP contribution in [0.3, 0.4) is 0 Å². The first-order valence-corrected chi connectivity index (χ1v) is 11.3. The van der Waals surface area contributed by atoms with Crippen molar-refractivity contribution in [3.8, 4) is 5.69 Å². The van der Waals surface area contributed by atoms with Crippen molar-refractivity contribution in [3.63, 3.8) is 0 Å². The van der Waals surface area contributed by atoms with Crippen LogP contribution in [0, 0.1) is 6.92 Å². The Morgan fingerprint density at radius 1 is 1.22 bits per heavy atom. The summed E-state index contributed by atoms with van der Waals surface area (Å²) in [6.45, 7) is 1.63. The molecule has 0 saturated heterocycles. The van der Waals surface area contributed by atoms with E-state index >= 15 is 0 Å². The molecule has 0 saturated carbocycles. The highest BCUT2D eigenvalue weighted by molar-refractivity contribution is 6.36. The second-order valence-corrected chi connectivity index (χ2v) is 8.73. The highest BCUT2D eigenvalue weighted by Gasteiger charge is 2.48. The van der Waals surface area contributed by atoms with Crippen molar-refractivity contribution < 1.29 is 22.4 Å². The van der Waals surface area contributed by atoms with Gasteiger partial charge in [-0.1, -0.05) is 29.8 Å². The van der Waals surface area contributed by atoms with Gasteiger partial charge in [-0.15, -0.1) is 0 Å². The first kappa shape index (κ1) is 23.8. The molecule has 4 aromatic rings. The number of hydrogen-bond acceptors (Lipinski definition) is 5. The minimum Gasteiger partial charge on any atom is -0.467 e. The molecule has 188 valence electrons. The number of nitrogens with one attached hydrogen (secondary N) is 2. The van der Waals surface area contributed by atoms with E-state index in [1.807, 2.05) is 0 Å². The number of nitrogens with zero attached hydrogens (tertiary/aromatic N) is 4. The molecule has 1 aliphatic heterocycles. The molecule has 1 aromatic carbocycles. The summed E-state index contributed by atoms with van der Waals surface area (Å²) < 4.78 is 50.6. The molecule has 4 heterocycles. The molecular weight excluding hydrogens is 501 g/mol. The number of benzene rings is 1. The number of hydrogen-bond donors (Lipinski definition) is 2. The number of carbonyl (C=O) groups excluding carboxylic acids is 1. The summed E-state index contributed by atoms with van der Waals surface area (Å²) in [5.74, 6) is -0.784. The Hall–Kier alpha value is -3.93. The standard InChI is InChI=1S/C23H20ClF3N6O3/c1-12-18(22(35)33(31(12)2)13-7-4-3-5-8-13)29-21(34)19-17(24)20-28-14(15-9-6-10-36-15)11-16(23(25,26)27)32(20)30-19/h3-10,14,16,28H,11H2,1-2H3,(H,29,34)/t14-,16+/m1/s1. The Morgan fingerprint density at radius 2 is 1.94 bits per heavy atom. The van der Waals surface area contributed by atoms with Crippen molar-refractivity contribution in [1.29, 1.82) is 0 Å². The van der Waals surface area contributed by atoms with E-state index in [4.69, 9.17) is 16.0 Å². The largest absolute Gasteiger partial charge is 0.467 e. The SMILES string of the molecule is Cc1c(NC(=O)c2nn3c(c2Cl)N[C@@H](c2ccco2)C[C@H]3C(F)(F)F)c(=O)n(-c2ccccc2)n1C. The minimum atomic E-state index is -4.66. The van der Waals surface area contributed by atoms with Crippen LogP contribution in [0.2, 0.25) is 5.02 Å². The number of aromatic nitrogens is 4. The summed E-state index contributed by atoms with van der Waals surface area (Å²) in [5.41, 5.74) is 0.00943. The van der Waals surface area contributed by atoms with Crippen molar-refractivity contribution >= 4 is 29.0 Å². The summed E-state index contributed by atoms with van der Waals surface area (Å²) in [5, 5.41) is 8.98. The molecule has 0 unspecified atom stereocenters. The zero-order valence-electron chi connectivity index (χ0n) is 19.0. The van der Waals surface area contributed by atoms with Crippen LogP contribution < -0.4 is 16.2 Å². The molecule has 13 heteroatoms. The van der Waals surface area contributed by atoms with E-state index in [1.54, 1.807) is 61.1 Å². The van der Waals surface area contributed by atoms with E-state index in [1.165, 1.54) is 10.9 Å². The van der Waals surface area contributed by atoms with Gasteiger partial charge in [-0.2, -0.15) is 18.3 Å². The van der Waals surface area contributed by atoms with Crippen molar-refractivity contribution in [1.82, 2.24) is 19.1 Å². The fourth-order valence-electron chi connectivity index (χ4n) is 4.30. The summed E-state index contributed by atoms with van der Waals surface area (Å²) in [6, 6.07) is 9.01. The maximum atomic E-state index is 13.9. The van der Waals surface area contributed by atoms with Crippen LogP contribution in [0.4, 0.5) is 24.7 Å². The van der Waals surface area contributed by atoms with Gasteiger partial charge >= 0.3 is 6.18 Å². The van der Waals surface area contributed by atoms with Gasteiger partial charge in [0.15, 0.2) is 11.7 Å². The molecular formula is C23H20ClF3N6O3. The highest BCUT2D eigenvalue weighted by atomic mass is 35.5. The van der Waals surface area contributed by atoms with Gasteiger partial charge in [-0.3, -0.25) is 14.3 Å². The zero-order valence-corrected chi connectivity index (χ0v) is 19.8. The van der Waals surface area contributed by atoms with Crippen LogP contribution in [0.5, 0.6) is 0 Å². The molecule has 5 rings (SSSR count). The minimum absolute atomic E-state index is 0.0396. The Kier molecular flexibility index (Phi) is 5.70. The lowest BCUT2D eigenvalue weighted by Gasteiger charge is -2.32. The number of alkyl halides is 3. The molecule has 0 aliphatic carbocycles. The second kappa shape index (κ2) is 8.63. The van der Waals surface area contributed by atoms with Gasteiger partial charge in [0.25, 0.3) is 11.5 Å². The smallest absolute Gasteiger partial charge is 0.410 e. The van der Waals surface area contributed by atoms with E-state index in [9.17, 15) is 22.8 Å². The number of furan rings is 1. The van der Waals surface area contributed by atoms with Crippen molar-refractivity contribution in [3.05, 3.63) is 81.3 Å². The lowest BCUT2D eigenvalue weighted by atomic mass is 10.0. The van der Waals surface area contributed by atoms with Gasteiger partial charge in [-0.25, -0.2) is 9.36 Å². The van der Waals surface area contributed by atoms with E-state index < -0.39 is 41.8 Å². The third-order valence-corrected chi connectivity index (χ3v) is 6.55. The van der Waals surface area contributed by atoms with Crippen molar-refractivity contribution in [2.24, 2.45) is 7.05 Å². The fraction of sp³-hybridized carbons (Fsp3) is 0.261. The van der Waals surface area contributed by atoms with Gasteiger partial charge < -0.3 is 15.1 Å². The van der Waals surface area contributed by atoms with Gasteiger partial charge in [0.1, 0.15) is 22.3 Å². The Balaban J connectivity index is 1.52. The van der Waals surface area contributed by atoms with Crippen LogP contribution in [0.1, 0.15) is 40.4 Å². The monoisotopic (exact) mass is 520 g/mol. The highest BCUT2D eigenvalue weighted by Crippen LogP contribution is 2.46. The first-order chi connectivity index (χ1) is 17.1. The Morgan fingerprint density at radius 3 is 2.58 bits per heavy atom. The molecule has 36 heavy (non-hydrogen) atoms. The number of para-hydroxylation sites is 1. The van der Waals surface area contributed by atoms with Crippen molar-refractivity contribution in [2.45, 2.75) is 31.6 Å². The number of carbonyl (C=O) groups is 1. The Labute approximate surface area is 207 Å². The van der Waals surface area contributed by atoms with Crippen molar-refractivity contribution in [2.75, 3.05) is 10.6 Å². The van der Waals surface area contributed by atoms with Gasteiger partial charge in [-0.05, 0) is 31.2 Å². The summed E-state index contributed by atoms with van der Waals surface area (Å²) in [4.78, 5) is 26.2. The van der Waals surface area contributed by atoms with Crippen LogP contribution in [-0.2, 0) is 7.05 Å². The van der Waals surface area contributed by atoms with E-state index in [2.05, 4.69) is 15.7 Å². The lowest BCUT2D eigenvalue weighted by Crippen LogP contribution is -2.35. The van der Waals surface area contributed by atoms with Gasteiger partial charge in [0.05, 0.1) is 23.7 Å². The first-order valence-electron chi connectivity index (χ1n) is 10.9. The normalized spacial score (nSPS) is 17.5. The molecule has 1 amide bonds. The summed E-state index contributed by atoms with van der Waals surface area (Å²) in [6.07, 6.45) is -3.72. The average Bonchev–Trinajstić information content (AvgIpc) is 3.54. The molecule has 9 nitrogen and oxygen atoms in total. The third kappa shape index (κ3) is 3.87. The molecule has 1 aliphatic rings. The van der Waals surface area contributed by atoms with E-state index in [0.717, 1.165) is 0 Å². The quantitative estimate of drug-likeness (QED) is 0.401.